The number of carbonyl (C=O) groups is 1. The molecule has 1 aliphatic heterocycles. The highest BCUT2D eigenvalue weighted by Crippen LogP contribution is 2.24. The summed E-state index contributed by atoms with van der Waals surface area (Å²) in [6.07, 6.45) is 5.34. The summed E-state index contributed by atoms with van der Waals surface area (Å²) in [5.74, 6) is 0.209. The Morgan fingerprint density at radius 2 is 2.27 bits per heavy atom. The molecule has 0 bridgehead atoms. The van der Waals surface area contributed by atoms with Gasteiger partial charge in [-0.1, -0.05) is 12.1 Å². The average Bonchev–Trinajstić information content (AvgIpc) is 2.96. The zero-order valence-electron chi connectivity index (χ0n) is 12.6. The Morgan fingerprint density at radius 1 is 1.45 bits per heavy atom. The number of thiazole rings is 1. The number of fused-ring (bicyclic) bond motifs is 1. The van der Waals surface area contributed by atoms with Crippen LogP contribution in [-0.4, -0.2) is 40.1 Å². The van der Waals surface area contributed by atoms with Gasteiger partial charge in [-0.25, -0.2) is 4.98 Å². The number of nitrogens with zero attached hydrogens (tertiary/aromatic N) is 2. The molecule has 2 aromatic rings. The molecular weight excluding hydrogens is 296 g/mol. The largest absolute Gasteiger partial charge is 0.396 e. The van der Waals surface area contributed by atoms with Crippen LogP contribution in [0.5, 0.6) is 0 Å². The number of aromatic nitrogens is 1. The predicted octanol–water partition coefficient (Wildman–Crippen LogP) is 2.93. The standard InChI is InChI=1S/C17H20N2O2S/c1-12-6-7-13(11-20)10-19(12)17(21)9-8-16-18-14-4-2-3-5-15(14)22-16/h2-5,8-9,12-13,20H,6-7,10-11H2,1H3/b9-8+. The minimum Gasteiger partial charge on any atom is -0.396 e. The number of hydrogen-bond donors (Lipinski definition) is 1. The van der Waals surface area contributed by atoms with Gasteiger partial charge in [0.25, 0.3) is 0 Å². The van der Waals surface area contributed by atoms with Crippen LogP contribution in [-0.2, 0) is 4.79 Å². The molecule has 1 aliphatic rings. The Balaban J connectivity index is 1.72. The molecule has 1 fully saturated rings. The van der Waals surface area contributed by atoms with Crippen LogP contribution in [0.15, 0.2) is 30.3 Å². The van der Waals surface area contributed by atoms with E-state index in [0.29, 0.717) is 6.54 Å². The number of aliphatic hydroxyl groups excluding tert-OH is 1. The Hall–Kier alpha value is -1.72. The monoisotopic (exact) mass is 316 g/mol. The molecule has 0 saturated carbocycles. The molecule has 5 heteroatoms. The van der Waals surface area contributed by atoms with Crippen LogP contribution in [0.25, 0.3) is 16.3 Å². The molecule has 2 heterocycles. The van der Waals surface area contributed by atoms with Crippen molar-refractivity contribution in [1.82, 2.24) is 9.88 Å². The Labute approximate surface area is 134 Å². The maximum Gasteiger partial charge on any atom is 0.246 e. The van der Waals surface area contributed by atoms with E-state index >= 15 is 0 Å². The van der Waals surface area contributed by atoms with Gasteiger partial charge in [0.2, 0.25) is 5.91 Å². The van der Waals surface area contributed by atoms with E-state index in [0.717, 1.165) is 28.1 Å². The normalized spacial score (nSPS) is 22.5. The number of benzene rings is 1. The highest BCUT2D eigenvalue weighted by atomic mass is 32.1. The van der Waals surface area contributed by atoms with E-state index in [4.69, 9.17) is 0 Å². The number of piperidine rings is 1. The molecule has 22 heavy (non-hydrogen) atoms. The van der Waals surface area contributed by atoms with Crippen molar-refractivity contribution >= 4 is 33.5 Å². The molecule has 0 radical (unpaired) electrons. The van der Waals surface area contributed by atoms with E-state index in [1.807, 2.05) is 29.2 Å². The van der Waals surface area contributed by atoms with E-state index in [-0.39, 0.29) is 24.5 Å². The molecule has 1 N–H and O–H groups in total. The maximum absolute atomic E-state index is 12.4. The number of likely N-dealkylation sites (tertiary alicyclic amines) is 1. The number of aliphatic hydroxyl groups is 1. The van der Waals surface area contributed by atoms with Gasteiger partial charge < -0.3 is 10.0 Å². The van der Waals surface area contributed by atoms with Crippen molar-refractivity contribution in [3.8, 4) is 0 Å². The van der Waals surface area contributed by atoms with Crippen LogP contribution >= 0.6 is 11.3 Å². The van der Waals surface area contributed by atoms with Crippen molar-refractivity contribution in [3.05, 3.63) is 35.3 Å². The summed E-state index contributed by atoms with van der Waals surface area (Å²) < 4.78 is 1.13. The quantitative estimate of drug-likeness (QED) is 0.886. The fraction of sp³-hybridized carbons (Fsp3) is 0.412. The highest BCUT2D eigenvalue weighted by molar-refractivity contribution is 7.19. The van der Waals surface area contributed by atoms with Crippen molar-refractivity contribution in [2.75, 3.05) is 13.2 Å². The Morgan fingerprint density at radius 3 is 3.05 bits per heavy atom. The second kappa shape index (κ2) is 6.58. The lowest BCUT2D eigenvalue weighted by Gasteiger charge is -2.36. The number of rotatable bonds is 3. The predicted molar refractivity (Wildman–Crippen MR) is 89.6 cm³/mol. The second-order valence-electron chi connectivity index (χ2n) is 5.82. The summed E-state index contributed by atoms with van der Waals surface area (Å²) in [7, 11) is 0. The SMILES string of the molecule is CC1CCC(CO)CN1C(=O)/C=C/c1nc2ccccc2s1. The third-order valence-electron chi connectivity index (χ3n) is 4.20. The maximum atomic E-state index is 12.4. The minimum atomic E-state index is 0.00454. The van der Waals surface area contributed by atoms with E-state index < -0.39 is 0 Å². The lowest BCUT2D eigenvalue weighted by Crippen LogP contribution is -2.45. The molecule has 0 aliphatic carbocycles. The zero-order valence-corrected chi connectivity index (χ0v) is 13.4. The molecule has 1 aromatic heterocycles. The van der Waals surface area contributed by atoms with Gasteiger partial charge in [0.05, 0.1) is 10.2 Å². The first-order valence-electron chi connectivity index (χ1n) is 7.62. The first-order chi connectivity index (χ1) is 10.7. The number of para-hydroxylation sites is 1. The van der Waals surface area contributed by atoms with Crippen LogP contribution < -0.4 is 0 Å². The molecule has 1 saturated heterocycles. The summed E-state index contributed by atoms with van der Waals surface area (Å²) in [4.78, 5) is 18.7. The molecule has 3 rings (SSSR count). The summed E-state index contributed by atoms with van der Waals surface area (Å²) in [6.45, 7) is 2.86. The average molecular weight is 316 g/mol. The highest BCUT2D eigenvalue weighted by Gasteiger charge is 2.27. The summed E-state index contributed by atoms with van der Waals surface area (Å²) in [6, 6.07) is 8.19. The number of amides is 1. The topological polar surface area (TPSA) is 53.4 Å². The van der Waals surface area contributed by atoms with Crippen molar-refractivity contribution in [2.45, 2.75) is 25.8 Å². The van der Waals surface area contributed by atoms with Gasteiger partial charge in [-0.15, -0.1) is 11.3 Å². The van der Waals surface area contributed by atoms with Crippen molar-refractivity contribution in [3.63, 3.8) is 0 Å². The van der Waals surface area contributed by atoms with E-state index in [1.54, 1.807) is 23.5 Å². The zero-order chi connectivity index (χ0) is 15.5. The fourth-order valence-electron chi connectivity index (χ4n) is 2.84. The van der Waals surface area contributed by atoms with E-state index in [9.17, 15) is 9.90 Å². The van der Waals surface area contributed by atoms with Gasteiger partial charge in [0.15, 0.2) is 0 Å². The first-order valence-corrected chi connectivity index (χ1v) is 8.44. The molecule has 2 atom stereocenters. The van der Waals surface area contributed by atoms with Crippen LogP contribution in [0.4, 0.5) is 0 Å². The Bertz CT molecular complexity index is 662. The number of carbonyl (C=O) groups excluding carboxylic acids is 1. The molecule has 116 valence electrons. The van der Waals surface area contributed by atoms with Crippen LogP contribution in [0.2, 0.25) is 0 Å². The lowest BCUT2D eigenvalue weighted by atomic mass is 9.94. The molecular formula is C17H20N2O2S. The molecule has 4 nitrogen and oxygen atoms in total. The van der Waals surface area contributed by atoms with Gasteiger partial charge >= 0.3 is 0 Å². The van der Waals surface area contributed by atoms with Crippen LogP contribution in [0.3, 0.4) is 0 Å². The third-order valence-corrected chi connectivity index (χ3v) is 5.20. The van der Waals surface area contributed by atoms with E-state index in [1.165, 1.54) is 0 Å². The summed E-state index contributed by atoms with van der Waals surface area (Å²) >= 11 is 1.58. The molecule has 1 amide bonds. The fourth-order valence-corrected chi connectivity index (χ4v) is 3.71. The summed E-state index contributed by atoms with van der Waals surface area (Å²) in [5.41, 5.74) is 0.964. The van der Waals surface area contributed by atoms with Crippen molar-refractivity contribution in [2.24, 2.45) is 5.92 Å². The van der Waals surface area contributed by atoms with Gasteiger partial charge in [0.1, 0.15) is 5.01 Å². The van der Waals surface area contributed by atoms with E-state index in [2.05, 4.69) is 11.9 Å². The smallest absolute Gasteiger partial charge is 0.246 e. The van der Waals surface area contributed by atoms with Crippen molar-refractivity contribution in [1.29, 1.82) is 0 Å². The van der Waals surface area contributed by atoms with Crippen LogP contribution in [0.1, 0.15) is 24.8 Å². The lowest BCUT2D eigenvalue weighted by molar-refractivity contribution is -0.130. The van der Waals surface area contributed by atoms with Gasteiger partial charge in [-0.2, -0.15) is 0 Å². The van der Waals surface area contributed by atoms with Crippen molar-refractivity contribution < 1.29 is 9.90 Å². The third kappa shape index (κ3) is 3.20. The first kappa shape index (κ1) is 15.2. The minimum absolute atomic E-state index is 0.00454. The van der Waals surface area contributed by atoms with Crippen LogP contribution in [0, 0.1) is 5.92 Å². The molecule has 1 aromatic carbocycles. The Kier molecular flexibility index (Phi) is 4.55. The van der Waals surface area contributed by atoms with Gasteiger partial charge in [-0.3, -0.25) is 4.79 Å². The molecule has 0 spiro atoms. The second-order valence-corrected chi connectivity index (χ2v) is 6.88. The number of hydrogen-bond acceptors (Lipinski definition) is 4. The molecule has 2 unspecified atom stereocenters. The summed E-state index contributed by atoms with van der Waals surface area (Å²) in [5, 5.41) is 10.1. The van der Waals surface area contributed by atoms with Gasteiger partial charge in [0, 0.05) is 25.3 Å². The van der Waals surface area contributed by atoms with Gasteiger partial charge in [-0.05, 0) is 43.9 Å².